The van der Waals surface area contributed by atoms with E-state index in [2.05, 4.69) is 4.98 Å². The number of carboxylic acids is 1. The molecule has 0 unspecified atom stereocenters. The third-order valence-electron chi connectivity index (χ3n) is 3.63. The first-order valence-electron chi connectivity index (χ1n) is 7.42. The number of carboxylic acid groups (broad SMARTS) is 1. The second kappa shape index (κ2) is 6.88. The number of hydrogen-bond acceptors (Lipinski definition) is 5. The van der Waals surface area contributed by atoms with Crippen LogP contribution in [-0.4, -0.2) is 23.2 Å². The molecule has 2 aromatic heterocycles. The van der Waals surface area contributed by atoms with Crippen LogP contribution in [0.15, 0.2) is 35.7 Å². The fourth-order valence-corrected chi connectivity index (χ4v) is 3.45. The zero-order chi connectivity index (χ0) is 17.1. The molecular weight excluding hydrogens is 326 g/mol. The summed E-state index contributed by atoms with van der Waals surface area (Å²) in [5, 5.41) is 11.8. The molecule has 124 valence electrons. The topological polar surface area (TPSA) is 68.7 Å². The van der Waals surface area contributed by atoms with E-state index in [4.69, 9.17) is 14.6 Å². The second-order valence-corrected chi connectivity index (χ2v) is 6.31. The van der Waals surface area contributed by atoms with Gasteiger partial charge < -0.3 is 14.6 Å². The molecule has 0 fully saturated rings. The SMILES string of the molecule is COc1nc(C)ccc1COc1ccc2c(CC(=O)O)csc2c1. The van der Waals surface area contributed by atoms with Gasteiger partial charge in [-0.15, -0.1) is 11.3 Å². The molecule has 0 atom stereocenters. The minimum absolute atomic E-state index is 0.0342. The van der Waals surface area contributed by atoms with E-state index in [1.165, 1.54) is 11.3 Å². The van der Waals surface area contributed by atoms with Gasteiger partial charge in [0, 0.05) is 10.4 Å². The van der Waals surface area contributed by atoms with E-state index in [0.717, 1.165) is 32.7 Å². The number of aromatic nitrogens is 1. The first-order chi connectivity index (χ1) is 11.6. The summed E-state index contributed by atoms with van der Waals surface area (Å²) in [6.45, 7) is 2.27. The first-order valence-corrected chi connectivity index (χ1v) is 8.30. The molecule has 0 amide bonds. The van der Waals surface area contributed by atoms with Crippen molar-refractivity contribution in [3.63, 3.8) is 0 Å². The van der Waals surface area contributed by atoms with Crippen LogP contribution in [0.2, 0.25) is 0 Å². The summed E-state index contributed by atoms with van der Waals surface area (Å²) in [6.07, 6.45) is 0.0342. The lowest BCUT2D eigenvalue weighted by Crippen LogP contribution is -2.01. The molecule has 0 saturated carbocycles. The molecule has 1 aromatic carbocycles. The van der Waals surface area contributed by atoms with Gasteiger partial charge in [0.1, 0.15) is 12.4 Å². The maximum Gasteiger partial charge on any atom is 0.307 e. The number of aryl methyl sites for hydroxylation is 1. The molecule has 3 rings (SSSR count). The predicted octanol–water partition coefficient (Wildman–Crippen LogP) is 3.82. The maximum absolute atomic E-state index is 10.9. The molecule has 0 aliphatic heterocycles. The van der Waals surface area contributed by atoms with E-state index in [-0.39, 0.29) is 6.42 Å². The number of benzene rings is 1. The lowest BCUT2D eigenvalue weighted by atomic mass is 10.1. The Balaban J connectivity index is 1.77. The average molecular weight is 343 g/mol. The summed E-state index contributed by atoms with van der Waals surface area (Å²) < 4.78 is 12.1. The van der Waals surface area contributed by atoms with Gasteiger partial charge in [-0.2, -0.15) is 0 Å². The Bertz CT molecular complexity index is 888. The first kappa shape index (κ1) is 16.3. The summed E-state index contributed by atoms with van der Waals surface area (Å²) in [5.41, 5.74) is 2.60. The lowest BCUT2D eigenvalue weighted by molar-refractivity contribution is -0.136. The third kappa shape index (κ3) is 3.49. The van der Waals surface area contributed by atoms with Gasteiger partial charge in [-0.1, -0.05) is 0 Å². The average Bonchev–Trinajstić information content (AvgIpc) is 2.95. The second-order valence-electron chi connectivity index (χ2n) is 5.40. The normalized spacial score (nSPS) is 10.8. The summed E-state index contributed by atoms with van der Waals surface area (Å²) in [4.78, 5) is 15.2. The van der Waals surface area contributed by atoms with E-state index in [1.807, 2.05) is 42.6 Å². The highest BCUT2D eigenvalue weighted by Gasteiger charge is 2.10. The van der Waals surface area contributed by atoms with Gasteiger partial charge in [0.25, 0.3) is 0 Å². The van der Waals surface area contributed by atoms with Crippen LogP contribution in [0, 0.1) is 6.92 Å². The number of fused-ring (bicyclic) bond motifs is 1. The minimum atomic E-state index is -0.825. The van der Waals surface area contributed by atoms with Gasteiger partial charge in [-0.25, -0.2) is 4.98 Å². The van der Waals surface area contributed by atoms with Crippen LogP contribution in [-0.2, 0) is 17.8 Å². The number of pyridine rings is 1. The predicted molar refractivity (Wildman–Crippen MR) is 93.0 cm³/mol. The standard InChI is InChI=1S/C18H17NO4S/c1-11-3-4-12(18(19-11)22-2)9-23-14-5-6-15-13(7-17(20)21)10-24-16(15)8-14/h3-6,8,10H,7,9H2,1-2H3,(H,20,21). The third-order valence-corrected chi connectivity index (χ3v) is 4.63. The maximum atomic E-state index is 10.9. The highest BCUT2D eigenvalue weighted by molar-refractivity contribution is 7.17. The number of hydrogen-bond donors (Lipinski definition) is 1. The van der Waals surface area contributed by atoms with Crippen molar-refractivity contribution in [2.75, 3.05) is 7.11 Å². The molecule has 0 aliphatic rings. The molecule has 2 heterocycles. The molecule has 24 heavy (non-hydrogen) atoms. The quantitative estimate of drug-likeness (QED) is 0.737. The van der Waals surface area contributed by atoms with Crippen LogP contribution < -0.4 is 9.47 Å². The van der Waals surface area contributed by atoms with Crippen molar-refractivity contribution in [3.8, 4) is 11.6 Å². The van der Waals surface area contributed by atoms with Crippen molar-refractivity contribution in [2.45, 2.75) is 20.0 Å². The Labute approximate surface area is 143 Å². The molecule has 0 bridgehead atoms. The Morgan fingerprint density at radius 1 is 1.25 bits per heavy atom. The highest BCUT2D eigenvalue weighted by Crippen LogP contribution is 2.30. The lowest BCUT2D eigenvalue weighted by Gasteiger charge is -2.10. The fourth-order valence-electron chi connectivity index (χ4n) is 2.46. The molecule has 0 aliphatic carbocycles. The van der Waals surface area contributed by atoms with Crippen molar-refractivity contribution in [3.05, 3.63) is 52.5 Å². The van der Waals surface area contributed by atoms with E-state index >= 15 is 0 Å². The summed E-state index contributed by atoms with van der Waals surface area (Å²) in [5.74, 6) is 0.471. The largest absolute Gasteiger partial charge is 0.489 e. The summed E-state index contributed by atoms with van der Waals surface area (Å²) in [6, 6.07) is 9.55. The highest BCUT2D eigenvalue weighted by atomic mass is 32.1. The number of nitrogens with zero attached hydrogens (tertiary/aromatic N) is 1. The Hall–Kier alpha value is -2.60. The van der Waals surface area contributed by atoms with Crippen molar-refractivity contribution >= 4 is 27.4 Å². The molecule has 0 spiro atoms. The van der Waals surface area contributed by atoms with Crippen LogP contribution in [0.25, 0.3) is 10.1 Å². The summed E-state index contributed by atoms with van der Waals surface area (Å²) in [7, 11) is 1.59. The van der Waals surface area contributed by atoms with Crippen LogP contribution in [0.5, 0.6) is 11.6 Å². The number of methoxy groups -OCH3 is 1. The van der Waals surface area contributed by atoms with Gasteiger partial charge in [0.05, 0.1) is 19.1 Å². The van der Waals surface area contributed by atoms with Gasteiger partial charge in [0.2, 0.25) is 5.88 Å². The number of ether oxygens (including phenoxy) is 2. The van der Waals surface area contributed by atoms with Crippen molar-refractivity contribution in [1.29, 1.82) is 0 Å². The number of aliphatic carboxylic acids is 1. The Kier molecular flexibility index (Phi) is 4.66. The molecule has 3 aromatic rings. The fraction of sp³-hybridized carbons (Fsp3) is 0.222. The molecule has 5 nitrogen and oxygen atoms in total. The van der Waals surface area contributed by atoms with Crippen LogP contribution >= 0.6 is 11.3 Å². The number of thiophene rings is 1. The molecular formula is C18H17NO4S. The van der Waals surface area contributed by atoms with Crippen LogP contribution in [0.1, 0.15) is 16.8 Å². The molecule has 0 saturated heterocycles. The van der Waals surface area contributed by atoms with Crippen molar-refractivity contribution < 1.29 is 19.4 Å². The van der Waals surface area contributed by atoms with Crippen molar-refractivity contribution in [1.82, 2.24) is 4.98 Å². The smallest absolute Gasteiger partial charge is 0.307 e. The zero-order valence-electron chi connectivity index (χ0n) is 13.4. The van der Waals surface area contributed by atoms with Gasteiger partial charge >= 0.3 is 5.97 Å². The minimum Gasteiger partial charge on any atom is -0.489 e. The zero-order valence-corrected chi connectivity index (χ0v) is 14.2. The number of carbonyl (C=O) groups is 1. The monoisotopic (exact) mass is 343 g/mol. The van der Waals surface area contributed by atoms with E-state index in [0.29, 0.717) is 12.5 Å². The van der Waals surface area contributed by atoms with E-state index in [1.54, 1.807) is 7.11 Å². The van der Waals surface area contributed by atoms with E-state index < -0.39 is 5.97 Å². The van der Waals surface area contributed by atoms with Crippen molar-refractivity contribution in [2.24, 2.45) is 0 Å². The van der Waals surface area contributed by atoms with Gasteiger partial charge in [-0.05, 0) is 53.6 Å². The molecule has 1 N–H and O–H groups in total. The summed E-state index contributed by atoms with van der Waals surface area (Å²) >= 11 is 1.52. The van der Waals surface area contributed by atoms with Gasteiger partial charge in [0.15, 0.2) is 0 Å². The Morgan fingerprint density at radius 3 is 2.83 bits per heavy atom. The molecule has 6 heteroatoms. The number of rotatable bonds is 6. The van der Waals surface area contributed by atoms with Gasteiger partial charge in [-0.3, -0.25) is 4.79 Å². The Morgan fingerprint density at radius 2 is 2.08 bits per heavy atom. The van der Waals surface area contributed by atoms with E-state index in [9.17, 15) is 4.79 Å². The van der Waals surface area contributed by atoms with Crippen LogP contribution in [0.4, 0.5) is 0 Å². The molecule has 0 radical (unpaired) electrons. The van der Waals surface area contributed by atoms with Crippen LogP contribution in [0.3, 0.4) is 0 Å².